The van der Waals surface area contributed by atoms with Crippen molar-refractivity contribution in [3.05, 3.63) is 58.6 Å². The summed E-state index contributed by atoms with van der Waals surface area (Å²) in [5, 5.41) is 0.435. The molecule has 0 bridgehead atoms. The number of nitrogens with zero attached hydrogens (tertiary/aromatic N) is 1. The second-order valence-corrected chi connectivity index (χ2v) is 6.40. The van der Waals surface area contributed by atoms with Gasteiger partial charge in [0.25, 0.3) is 0 Å². The van der Waals surface area contributed by atoms with E-state index in [1.165, 1.54) is 31.4 Å². The SMILES string of the molecule is Fc1cc(F)cc(-c2ccc(C#CCN3CCCCC3)cc2Cl)c1. The van der Waals surface area contributed by atoms with Gasteiger partial charge in [0.2, 0.25) is 0 Å². The number of rotatable bonds is 2. The highest BCUT2D eigenvalue weighted by molar-refractivity contribution is 6.33. The van der Waals surface area contributed by atoms with E-state index in [0.717, 1.165) is 31.3 Å². The maximum absolute atomic E-state index is 13.4. The first kappa shape index (κ1) is 17.0. The molecule has 1 aliphatic heterocycles. The van der Waals surface area contributed by atoms with E-state index in [2.05, 4.69) is 16.7 Å². The second-order valence-electron chi connectivity index (χ2n) is 5.99. The van der Waals surface area contributed by atoms with Gasteiger partial charge in [0.05, 0.1) is 6.54 Å². The number of piperidine rings is 1. The normalized spacial score (nSPS) is 15.0. The van der Waals surface area contributed by atoms with Crippen molar-refractivity contribution < 1.29 is 8.78 Å². The molecule has 2 aromatic carbocycles. The van der Waals surface area contributed by atoms with Gasteiger partial charge >= 0.3 is 0 Å². The molecule has 0 aromatic heterocycles. The summed E-state index contributed by atoms with van der Waals surface area (Å²) in [4.78, 5) is 2.35. The van der Waals surface area contributed by atoms with Gasteiger partial charge in [0.1, 0.15) is 11.6 Å². The number of benzene rings is 2. The number of likely N-dealkylation sites (tertiary alicyclic amines) is 1. The fourth-order valence-electron chi connectivity index (χ4n) is 2.91. The van der Waals surface area contributed by atoms with Gasteiger partial charge in [-0.15, -0.1) is 0 Å². The quantitative estimate of drug-likeness (QED) is 0.683. The first-order chi connectivity index (χ1) is 11.6. The number of hydrogen-bond acceptors (Lipinski definition) is 1. The Hall–Kier alpha value is -1.89. The lowest BCUT2D eigenvalue weighted by Gasteiger charge is -2.23. The Morgan fingerprint density at radius 3 is 2.33 bits per heavy atom. The zero-order valence-electron chi connectivity index (χ0n) is 13.3. The lowest BCUT2D eigenvalue weighted by atomic mass is 10.0. The van der Waals surface area contributed by atoms with Crippen molar-refractivity contribution in [2.75, 3.05) is 19.6 Å². The zero-order valence-corrected chi connectivity index (χ0v) is 14.0. The van der Waals surface area contributed by atoms with Gasteiger partial charge in [0, 0.05) is 22.2 Å². The molecular formula is C20H18ClF2N. The van der Waals surface area contributed by atoms with Gasteiger partial charge in [-0.05, 0) is 55.8 Å². The molecule has 1 aliphatic rings. The van der Waals surface area contributed by atoms with Crippen molar-refractivity contribution in [1.82, 2.24) is 4.90 Å². The Balaban J connectivity index is 1.75. The van der Waals surface area contributed by atoms with Crippen LogP contribution in [0.3, 0.4) is 0 Å². The van der Waals surface area contributed by atoms with Crippen LogP contribution in [0, 0.1) is 23.5 Å². The molecule has 1 fully saturated rings. The third-order valence-corrected chi connectivity index (χ3v) is 4.44. The third-order valence-electron chi connectivity index (χ3n) is 4.13. The van der Waals surface area contributed by atoms with Gasteiger partial charge in [-0.25, -0.2) is 8.78 Å². The molecule has 0 spiro atoms. The molecule has 4 heteroatoms. The summed E-state index contributed by atoms with van der Waals surface area (Å²) in [5.41, 5.74) is 1.82. The maximum atomic E-state index is 13.4. The lowest BCUT2D eigenvalue weighted by Crippen LogP contribution is -2.29. The molecule has 0 saturated carbocycles. The van der Waals surface area contributed by atoms with Gasteiger partial charge in [0.15, 0.2) is 0 Å². The molecule has 0 N–H and O–H groups in total. The minimum Gasteiger partial charge on any atom is -0.292 e. The zero-order chi connectivity index (χ0) is 16.9. The lowest BCUT2D eigenvalue weighted by molar-refractivity contribution is 0.255. The monoisotopic (exact) mass is 345 g/mol. The predicted octanol–water partition coefficient (Wildman–Crippen LogP) is 5.12. The fourth-order valence-corrected chi connectivity index (χ4v) is 3.20. The Labute approximate surface area is 146 Å². The molecule has 0 aliphatic carbocycles. The van der Waals surface area contributed by atoms with Crippen LogP contribution in [-0.4, -0.2) is 24.5 Å². The molecule has 0 atom stereocenters. The van der Waals surface area contributed by atoms with E-state index in [1.807, 2.05) is 6.07 Å². The van der Waals surface area contributed by atoms with Crippen LogP contribution in [0.15, 0.2) is 36.4 Å². The average molecular weight is 346 g/mol. The van der Waals surface area contributed by atoms with Crippen LogP contribution in [0.5, 0.6) is 0 Å². The summed E-state index contributed by atoms with van der Waals surface area (Å²) in [6, 6.07) is 8.70. The van der Waals surface area contributed by atoms with Gasteiger partial charge in [-0.1, -0.05) is 35.9 Å². The predicted molar refractivity (Wildman–Crippen MR) is 94.0 cm³/mol. The van der Waals surface area contributed by atoms with Gasteiger partial charge in [-0.2, -0.15) is 0 Å². The first-order valence-electron chi connectivity index (χ1n) is 8.09. The molecule has 1 nitrogen and oxygen atoms in total. The Kier molecular flexibility index (Phi) is 5.50. The van der Waals surface area contributed by atoms with Crippen molar-refractivity contribution in [3.63, 3.8) is 0 Å². The number of halogens is 3. The highest BCUT2D eigenvalue weighted by Gasteiger charge is 2.09. The average Bonchev–Trinajstić information content (AvgIpc) is 2.55. The van der Waals surface area contributed by atoms with E-state index in [9.17, 15) is 8.78 Å². The van der Waals surface area contributed by atoms with E-state index < -0.39 is 11.6 Å². The molecule has 0 radical (unpaired) electrons. The van der Waals surface area contributed by atoms with Crippen LogP contribution in [-0.2, 0) is 0 Å². The van der Waals surface area contributed by atoms with E-state index >= 15 is 0 Å². The summed E-state index contributed by atoms with van der Waals surface area (Å²) in [6.45, 7) is 2.98. The van der Waals surface area contributed by atoms with Crippen LogP contribution < -0.4 is 0 Å². The highest BCUT2D eigenvalue weighted by atomic mass is 35.5. The molecule has 3 rings (SSSR count). The Morgan fingerprint density at radius 1 is 0.958 bits per heavy atom. The van der Waals surface area contributed by atoms with Crippen molar-refractivity contribution in [3.8, 4) is 23.0 Å². The molecule has 0 unspecified atom stereocenters. The van der Waals surface area contributed by atoms with Gasteiger partial charge in [-0.3, -0.25) is 4.90 Å². The molecule has 0 amide bonds. The maximum Gasteiger partial charge on any atom is 0.126 e. The van der Waals surface area contributed by atoms with Crippen LogP contribution in [0.1, 0.15) is 24.8 Å². The van der Waals surface area contributed by atoms with E-state index in [0.29, 0.717) is 16.1 Å². The van der Waals surface area contributed by atoms with Crippen LogP contribution in [0.25, 0.3) is 11.1 Å². The summed E-state index contributed by atoms with van der Waals surface area (Å²) < 4.78 is 26.7. The Bertz CT molecular complexity index is 766. The largest absolute Gasteiger partial charge is 0.292 e. The minimum absolute atomic E-state index is 0.422. The van der Waals surface area contributed by atoms with E-state index in [1.54, 1.807) is 12.1 Å². The summed E-state index contributed by atoms with van der Waals surface area (Å²) in [6.07, 6.45) is 3.79. The van der Waals surface area contributed by atoms with Crippen LogP contribution >= 0.6 is 11.6 Å². The summed E-state index contributed by atoms with van der Waals surface area (Å²) >= 11 is 6.27. The molecule has 24 heavy (non-hydrogen) atoms. The van der Waals surface area contributed by atoms with Crippen LogP contribution in [0.2, 0.25) is 5.02 Å². The van der Waals surface area contributed by atoms with E-state index in [-0.39, 0.29) is 0 Å². The summed E-state index contributed by atoms with van der Waals surface area (Å²) in [5.74, 6) is 5.05. The molecule has 124 valence electrons. The molecule has 2 aromatic rings. The Morgan fingerprint density at radius 2 is 1.67 bits per heavy atom. The van der Waals surface area contributed by atoms with Crippen molar-refractivity contribution in [1.29, 1.82) is 0 Å². The van der Waals surface area contributed by atoms with Crippen molar-refractivity contribution >= 4 is 11.6 Å². The first-order valence-corrected chi connectivity index (χ1v) is 8.47. The second kappa shape index (κ2) is 7.79. The molecular weight excluding hydrogens is 328 g/mol. The number of hydrogen-bond donors (Lipinski definition) is 0. The highest BCUT2D eigenvalue weighted by Crippen LogP contribution is 2.29. The fraction of sp³-hybridized carbons (Fsp3) is 0.300. The summed E-state index contributed by atoms with van der Waals surface area (Å²) in [7, 11) is 0. The molecule has 1 heterocycles. The van der Waals surface area contributed by atoms with Crippen LogP contribution in [0.4, 0.5) is 8.78 Å². The van der Waals surface area contributed by atoms with Crippen molar-refractivity contribution in [2.45, 2.75) is 19.3 Å². The third kappa shape index (κ3) is 4.35. The molecule has 1 saturated heterocycles. The minimum atomic E-state index is -0.619. The van der Waals surface area contributed by atoms with E-state index in [4.69, 9.17) is 11.6 Å². The smallest absolute Gasteiger partial charge is 0.126 e. The standard InChI is InChI=1S/C20H18ClF2N/c21-20-11-15(5-4-10-24-8-2-1-3-9-24)6-7-19(20)16-12-17(22)14-18(23)13-16/h6-7,11-14H,1-3,8-10H2. The topological polar surface area (TPSA) is 3.24 Å². The van der Waals surface area contributed by atoms with Gasteiger partial charge < -0.3 is 0 Å². The van der Waals surface area contributed by atoms with Crippen molar-refractivity contribution in [2.24, 2.45) is 0 Å².